The van der Waals surface area contributed by atoms with Crippen molar-refractivity contribution in [2.75, 3.05) is 23.7 Å². The summed E-state index contributed by atoms with van der Waals surface area (Å²) in [4.78, 5) is 42.8. The Labute approximate surface area is 178 Å². The molecule has 1 fully saturated rings. The lowest BCUT2D eigenvalue weighted by Gasteiger charge is -2.31. The number of piperidine rings is 1. The zero-order valence-corrected chi connectivity index (χ0v) is 18.4. The van der Waals surface area contributed by atoms with Gasteiger partial charge in [-0.05, 0) is 30.7 Å². The number of aromatic nitrogens is 6. The summed E-state index contributed by atoms with van der Waals surface area (Å²) >= 11 is 1.60. The molecule has 0 radical (unpaired) electrons. The molecule has 9 nitrogen and oxygen atoms in total. The second kappa shape index (κ2) is 8.63. The number of nitrogens with zero attached hydrogens (tertiary/aromatic N) is 6. The van der Waals surface area contributed by atoms with E-state index in [0.29, 0.717) is 23.6 Å². The SMILES string of the molecule is CC1CCN(c2nc3c(c(=O)[nH]c(=O)n3C)n2C[C@@H](C)CSc2ncccn2)CC1. The molecule has 1 aliphatic rings. The van der Waals surface area contributed by atoms with Crippen LogP contribution >= 0.6 is 11.8 Å². The highest BCUT2D eigenvalue weighted by molar-refractivity contribution is 7.99. The molecule has 10 heteroatoms. The first-order chi connectivity index (χ1) is 14.4. The number of aryl methyl sites for hydroxylation is 1. The van der Waals surface area contributed by atoms with Crippen molar-refractivity contribution < 1.29 is 0 Å². The first kappa shape index (κ1) is 20.6. The molecule has 30 heavy (non-hydrogen) atoms. The van der Waals surface area contributed by atoms with Crippen LogP contribution in [0.3, 0.4) is 0 Å². The molecule has 0 amide bonds. The average molecular weight is 430 g/mol. The second-order valence-corrected chi connectivity index (χ2v) is 9.12. The first-order valence-electron chi connectivity index (χ1n) is 10.3. The first-order valence-corrected chi connectivity index (χ1v) is 11.3. The lowest BCUT2D eigenvalue weighted by Crippen LogP contribution is -2.35. The molecule has 3 aromatic rings. The van der Waals surface area contributed by atoms with Gasteiger partial charge in [0.05, 0.1) is 0 Å². The quantitative estimate of drug-likeness (QED) is 0.471. The van der Waals surface area contributed by atoms with Crippen LogP contribution in [-0.2, 0) is 13.6 Å². The summed E-state index contributed by atoms with van der Waals surface area (Å²) in [6.45, 7) is 6.83. The predicted molar refractivity (Wildman–Crippen MR) is 118 cm³/mol. The highest BCUT2D eigenvalue weighted by Crippen LogP contribution is 2.27. The molecule has 3 aromatic heterocycles. The van der Waals surface area contributed by atoms with Crippen LogP contribution < -0.4 is 16.1 Å². The molecule has 0 saturated carbocycles. The normalized spacial score (nSPS) is 16.3. The van der Waals surface area contributed by atoms with Gasteiger partial charge in [-0.25, -0.2) is 14.8 Å². The smallest absolute Gasteiger partial charge is 0.329 e. The molecule has 1 N–H and O–H groups in total. The van der Waals surface area contributed by atoms with Gasteiger partial charge >= 0.3 is 5.69 Å². The second-order valence-electron chi connectivity index (χ2n) is 8.13. The zero-order valence-electron chi connectivity index (χ0n) is 17.5. The van der Waals surface area contributed by atoms with Crippen molar-refractivity contribution in [2.45, 2.75) is 38.4 Å². The summed E-state index contributed by atoms with van der Waals surface area (Å²) < 4.78 is 3.40. The summed E-state index contributed by atoms with van der Waals surface area (Å²) in [5, 5.41) is 0.741. The van der Waals surface area contributed by atoms with Gasteiger partial charge in [-0.1, -0.05) is 25.6 Å². The lowest BCUT2D eigenvalue weighted by atomic mass is 10.00. The van der Waals surface area contributed by atoms with Gasteiger partial charge in [-0.15, -0.1) is 0 Å². The maximum absolute atomic E-state index is 12.7. The van der Waals surface area contributed by atoms with Gasteiger partial charge in [0, 0.05) is 44.8 Å². The fourth-order valence-electron chi connectivity index (χ4n) is 3.79. The van der Waals surface area contributed by atoms with Crippen molar-refractivity contribution in [1.29, 1.82) is 0 Å². The van der Waals surface area contributed by atoms with Crippen molar-refractivity contribution in [3.05, 3.63) is 39.3 Å². The van der Waals surface area contributed by atoms with Crippen LogP contribution in [0.2, 0.25) is 0 Å². The standard InChI is InChI=1S/C20H27N7O2S/c1-13-5-9-26(10-6-13)19-23-16-15(17(28)24-20(29)25(16)3)27(19)11-14(2)12-30-18-21-7-4-8-22-18/h4,7-8,13-14H,5-6,9-12H2,1-3H3,(H,24,28,29)/t14-/m1/s1. The zero-order chi connectivity index (χ0) is 21.3. The maximum Gasteiger partial charge on any atom is 0.329 e. The van der Waals surface area contributed by atoms with Crippen molar-refractivity contribution in [3.8, 4) is 0 Å². The van der Waals surface area contributed by atoms with Crippen molar-refractivity contribution in [3.63, 3.8) is 0 Å². The number of rotatable bonds is 6. The molecular weight excluding hydrogens is 402 g/mol. The van der Waals surface area contributed by atoms with Crippen LogP contribution in [0.15, 0.2) is 33.2 Å². The molecule has 4 heterocycles. The Morgan fingerprint density at radius 3 is 2.63 bits per heavy atom. The molecule has 1 atom stereocenters. The average Bonchev–Trinajstić information content (AvgIpc) is 3.12. The Morgan fingerprint density at radius 2 is 1.93 bits per heavy atom. The summed E-state index contributed by atoms with van der Waals surface area (Å²) in [6.07, 6.45) is 5.66. The van der Waals surface area contributed by atoms with Gasteiger partial charge in [0.25, 0.3) is 5.56 Å². The van der Waals surface area contributed by atoms with Crippen LogP contribution in [0.4, 0.5) is 5.95 Å². The highest BCUT2D eigenvalue weighted by atomic mass is 32.2. The number of thioether (sulfide) groups is 1. The van der Waals surface area contributed by atoms with E-state index in [4.69, 9.17) is 4.98 Å². The van der Waals surface area contributed by atoms with E-state index in [1.165, 1.54) is 4.57 Å². The van der Waals surface area contributed by atoms with Crippen LogP contribution in [0.25, 0.3) is 11.2 Å². The minimum atomic E-state index is -0.444. The van der Waals surface area contributed by atoms with E-state index in [0.717, 1.165) is 42.8 Å². The Bertz CT molecular complexity index is 1130. The third-order valence-corrected chi connectivity index (χ3v) is 6.79. The summed E-state index contributed by atoms with van der Waals surface area (Å²) in [5.74, 6) is 2.52. The number of H-pyrrole nitrogens is 1. The van der Waals surface area contributed by atoms with Gasteiger partial charge in [-0.2, -0.15) is 4.98 Å². The molecule has 160 valence electrons. The molecule has 0 bridgehead atoms. The summed E-state index contributed by atoms with van der Waals surface area (Å²) in [6, 6.07) is 1.80. The van der Waals surface area contributed by atoms with Crippen LogP contribution in [-0.4, -0.2) is 47.9 Å². The van der Waals surface area contributed by atoms with E-state index < -0.39 is 5.69 Å². The molecule has 1 aliphatic heterocycles. The summed E-state index contributed by atoms with van der Waals surface area (Å²) in [7, 11) is 1.64. The number of hydrogen-bond acceptors (Lipinski definition) is 7. The highest BCUT2D eigenvalue weighted by Gasteiger charge is 2.25. The fraction of sp³-hybridized carbons (Fsp3) is 0.550. The van der Waals surface area contributed by atoms with E-state index in [2.05, 4.69) is 33.7 Å². The Balaban J connectivity index is 1.67. The molecule has 0 spiro atoms. The van der Waals surface area contributed by atoms with Crippen LogP contribution in [0.5, 0.6) is 0 Å². The fourth-order valence-corrected chi connectivity index (χ4v) is 4.60. The van der Waals surface area contributed by atoms with E-state index in [1.54, 1.807) is 37.3 Å². The van der Waals surface area contributed by atoms with E-state index in [1.807, 2.05) is 4.57 Å². The number of anilines is 1. The largest absolute Gasteiger partial charge is 0.342 e. The van der Waals surface area contributed by atoms with Crippen LogP contribution in [0.1, 0.15) is 26.7 Å². The molecule has 0 aromatic carbocycles. The molecular formula is C20H27N7O2S. The number of imidazole rings is 1. The van der Waals surface area contributed by atoms with Crippen molar-refractivity contribution >= 4 is 28.9 Å². The Morgan fingerprint density at radius 1 is 1.23 bits per heavy atom. The summed E-state index contributed by atoms with van der Waals surface area (Å²) in [5.41, 5.74) is 0.0615. The topological polar surface area (TPSA) is 102 Å². The van der Waals surface area contributed by atoms with Crippen molar-refractivity contribution in [2.24, 2.45) is 18.9 Å². The van der Waals surface area contributed by atoms with E-state index in [9.17, 15) is 9.59 Å². The van der Waals surface area contributed by atoms with Gasteiger partial charge in [0.15, 0.2) is 16.3 Å². The molecule has 1 saturated heterocycles. The third kappa shape index (κ3) is 4.14. The number of hydrogen-bond donors (Lipinski definition) is 1. The molecule has 0 unspecified atom stereocenters. The van der Waals surface area contributed by atoms with Gasteiger partial charge in [-0.3, -0.25) is 14.3 Å². The van der Waals surface area contributed by atoms with Gasteiger partial charge in [0.1, 0.15) is 0 Å². The number of nitrogens with one attached hydrogen (secondary N) is 1. The number of aromatic amines is 1. The van der Waals surface area contributed by atoms with E-state index >= 15 is 0 Å². The molecule has 0 aliphatic carbocycles. The lowest BCUT2D eigenvalue weighted by molar-refractivity contribution is 0.427. The predicted octanol–water partition coefficient (Wildman–Crippen LogP) is 1.88. The van der Waals surface area contributed by atoms with Crippen molar-refractivity contribution in [1.82, 2.24) is 29.1 Å². The minimum absolute atomic E-state index is 0.246. The Hall–Kier alpha value is -2.62. The maximum atomic E-state index is 12.7. The van der Waals surface area contributed by atoms with E-state index in [-0.39, 0.29) is 11.5 Å². The third-order valence-electron chi connectivity index (χ3n) is 5.59. The van der Waals surface area contributed by atoms with Gasteiger partial charge in [0.2, 0.25) is 5.95 Å². The minimum Gasteiger partial charge on any atom is -0.342 e. The van der Waals surface area contributed by atoms with Crippen LogP contribution in [0, 0.1) is 11.8 Å². The Kier molecular flexibility index (Phi) is 5.94. The monoisotopic (exact) mass is 429 g/mol. The molecule has 4 rings (SSSR count). The van der Waals surface area contributed by atoms with Gasteiger partial charge < -0.3 is 9.47 Å². The number of fused-ring (bicyclic) bond motifs is 1.